The highest BCUT2D eigenvalue weighted by molar-refractivity contribution is 7.78. The van der Waals surface area contributed by atoms with Gasteiger partial charge in [-0.3, -0.25) is 15.0 Å². The van der Waals surface area contributed by atoms with Gasteiger partial charge in [-0.1, -0.05) is 6.08 Å². The summed E-state index contributed by atoms with van der Waals surface area (Å²) < 4.78 is 33.8. The van der Waals surface area contributed by atoms with Crippen LogP contribution in [0.4, 0.5) is 0 Å². The number of ether oxygens (including phenoxy) is 6. The monoisotopic (exact) mass is 702 g/mol. The molecule has 2 heterocycles. The van der Waals surface area contributed by atoms with E-state index in [4.69, 9.17) is 33.8 Å². The van der Waals surface area contributed by atoms with Crippen molar-refractivity contribution in [3.05, 3.63) is 23.1 Å². The number of nitrogens with one attached hydrogen (secondary N) is 1. The maximum absolute atomic E-state index is 13.2. The second kappa shape index (κ2) is 15.4. The third-order valence-electron chi connectivity index (χ3n) is 8.48. The molecule has 0 amide bonds. The van der Waals surface area contributed by atoms with Crippen molar-refractivity contribution in [2.24, 2.45) is 4.99 Å². The minimum absolute atomic E-state index is 0.296. The molecule has 11 atom stereocenters. The number of rotatable bonds is 11. The van der Waals surface area contributed by atoms with Gasteiger partial charge >= 0.3 is 17.9 Å². The number of allylic oxidation sites excluding steroid dienone is 1. The Kier molecular flexibility index (Phi) is 12.5. The first-order valence-electron chi connectivity index (χ1n) is 14.6. The molecule has 0 aromatic rings. The molecule has 2 saturated heterocycles. The third kappa shape index (κ3) is 7.40. The number of hydrogen-bond donors (Lipinski definition) is 7. The molecular weight excluding hydrogens is 664 g/mol. The molecule has 0 radical (unpaired) electrons. The Balaban J connectivity index is 2.17. The van der Waals surface area contributed by atoms with Crippen molar-refractivity contribution >= 4 is 46.8 Å². The van der Waals surface area contributed by atoms with Crippen molar-refractivity contribution in [2.45, 2.75) is 107 Å². The number of carboxylic acid groups (broad SMARTS) is 1. The largest absolute Gasteiger partial charge is 0.508 e. The number of nitrogens with zero attached hydrogens (tertiary/aromatic N) is 1. The van der Waals surface area contributed by atoms with E-state index in [9.17, 15) is 49.8 Å². The second-order valence-electron chi connectivity index (χ2n) is 11.4. The number of hydrogen-bond acceptors (Lipinski definition) is 18. The number of Topliss-reactive ketones (excluding diaryl/α,β-unsaturated/α-hetero) is 1. The fourth-order valence-corrected chi connectivity index (χ4v) is 6.02. The van der Waals surface area contributed by atoms with E-state index in [1.54, 1.807) is 0 Å². The zero-order chi connectivity index (χ0) is 36.3. The lowest BCUT2D eigenvalue weighted by atomic mass is 9.74. The third-order valence-corrected chi connectivity index (χ3v) is 8.57. The number of aliphatic hydroxyl groups is 5. The summed E-state index contributed by atoms with van der Waals surface area (Å²) in [5.41, 5.74) is -7.66. The molecule has 2 aliphatic heterocycles. The molecule has 19 heteroatoms. The minimum Gasteiger partial charge on any atom is -0.508 e. The fraction of sp³-hybridized carbons (Fsp3) is 0.655. The molecule has 0 bridgehead atoms. The summed E-state index contributed by atoms with van der Waals surface area (Å²) >= 11 is 4.57. The molecule has 0 aromatic carbocycles. The van der Waals surface area contributed by atoms with Gasteiger partial charge in [0.25, 0.3) is 0 Å². The van der Waals surface area contributed by atoms with Gasteiger partial charge in [-0.2, -0.15) is 4.99 Å². The second-order valence-corrected chi connectivity index (χ2v) is 11.6. The van der Waals surface area contributed by atoms with Crippen LogP contribution in [0.25, 0.3) is 0 Å². The smallest absolute Gasteiger partial charge is 0.357 e. The summed E-state index contributed by atoms with van der Waals surface area (Å²) in [5.74, 6) is -6.55. The van der Waals surface area contributed by atoms with E-state index in [-0.39, 0.29) is 12.1 Å². The maximum atomic E-state index is 13.2. The number of carbonyl (C=O) groups is 4. The van der Waals surface area contributed by atoms with Crippen LogP contribution in [-0.4, -0.2) is 145 Å². The van der Waals surface area contributed by atoms with Crippen molar-refractivity contribution < 1.29 is 78.2 Å². The van der Waals surface area contributed by atoms with Crippen LogP contribution in [0, 0.1) is 5.41 Å². The van der Waals surface area contributed by atoms with Gasteiger partial charge in [0.1, 0.15) is 53.7 Å². The summed E-state index contributed by atoms with van der Waals surface area (Å²) in [6, 6.07) is 0. The van der Waals surface area contributed by atoms with E-state index in [2.05, 4.69) is 17.2 Å². The average molecular weight is 703 g/mol. The van der Waals surface area contributed by atoms with Crippen LogP contribution in [0.15, 0.2) is 28.1 Å². The number of aliphatic imine (C=N–C) groups is 1. The number of isothiocyanates is 1. The first-order chi connectivity index (χ1) is 22.4. The van der Waals surface area contributed by atoms with E-state index < -0.39 is 120 Å². The SMILES string of the molecule is C/C=C(\N=C=S)C(=O)O[C@H]1[C@@H](O[C@H]2C[C@H](OC)[C@@](O)(C(C)O)[C@H](C)O2)[C@@H](O)[C@H]([C@@]2(O)CC(=O)C(=N)C(C(=O)O)=C2O)O[C@@H]1COC(C)=O. The van der Waals surface area contributed by atoms with Crippen LogP contribution in [0.3, 0.4) is 0 Å². The highest BCUT2D eigenvalue weighted by atomic mass is 32.1. The van der Waals surface area contributed by atoms with Gasteiger partial charge in [-0.15, -0.1) is 0 Å². The number of esters is 2. The average Bonchev–Trinajstić information content (AvgIpc) is 3.01. The Morgan fingerprint density at radius 1 is 1.25 bits per heavy atom. The van der Waals surface area contributed by atoms with E-state index in [1.165, 1.54) is 34.0 Å². The molecule has 266 valence electrons. The molecular formula is C29H38N2O16S. The van der Waals surface area contributed by atoms with Crippen LogP contribution in [0.5, 0.6) is 0 Å². The number of aliphatic hydroxyl groups excluding tert-OH is 3. The van der Waals surface area contributed by atoms with Gasteiger partial charge in [-0.05, 0) is 33.0 Å². The Morgan fingerprint density at radius 3 is 2.42 bits per heavy atom. The van der Waals surface area contributed by atoms with Gasteiger partial charge in [0.15, 0.2) is 29.5 Å². The predicted octanol–water partition coefficient (Wildman–Crippen LogP) is -1.14. The molecule has 48 heavy (non-hydrogen) atoms. The van der Waals surface area contributed by atoms with Crippen molar-refractivity contribution in [3.63, 3.8) is 0 Å². The molecule has 3 rings (SSSR count). The predicted molar refractivity (Wildman–Crippen MR) is 161 cm³/mol. The Morgan fingerprint density at radius 2 is 1.90 bits per heavy atom. The Bertz CT molecular complexity index is 1430. The topological polar surface area (TPSA) is 281 Å². The molecule has 0 saturated carbocycles. The molecule has 3 aliphatic rings. The molecule has 7 N–H and O–H groups in total. The lowest BCUT2D eigenvalue weighted by Crippen LogP contribution is -2.70. The first-order valence-corrected chi connectivity index (χ1v) is 15.0. The molecule has 0 aromatic heterocycles. The van der Waals surface area contributed by atoms with Crippen LogP contribution < -0.4 is 0 Å². The Labute approximate surface area is 279 Å². The number of aliphatic carboxylic acids is 1. The summed E-state index contributed by atoms with van der Waals surface area (Å²) in [4.78, 5) is 53.2. The zero-order valence-electron chi connectivity index (χ0n) is 26.5. The quantitative estimate of drug-likeness (QED) is 0.0580. The van der Waals surface area contributed by atoms with Crippen LogP contribution in [-0.2, 0) is 47.6 Å². The number of carboxylic acids is 1. The van der Waals surface area contributed by atoms with E-state index >= 15 is 0 Å². The van der Waals surface area contributed by atoms with Crippen LogP contribution in [0.2, 0.25) is 0 Å². The minimum atomic E-state index is -3.00. The normalized spacial score (nSPS) is 36.6. The highest BCUT2D eigenvalue weighted by Gasteiger charge is 2.61. The van der Waals surface area contributed by atoms with Gasteiger partial charge in [0.05, 0.1) is 29.9 Å². The number of methoxy groups -OCH3 is 1. The first kappa shape index (κ1) is 39.0. The lowest BCUT2D eigenvalue weighted by molar-refractivity contribution is -0.344. The Hall–Kier alpha value is -3.49. The molecule has 1 aliphatic carbocycles. The number of thiocarbonyl (C=S) groups is 1. The van der Waals surface area contributed by atoms with Crippen LogP contribution >= 0.6 is 12.2 Å². The van der Waals surface area contributed by atoms with Crippen molar-refractivity contribution in [2.75, 3.05) is 13.7 Å². The molecule has 0 spiro atoms. The zero-order valence-corrected chi connectivity index (χ0v) is 27.3. The molecule has 2 fully saturated rings. The van der Waals surface area contributed by atoms with Gasteiger partial charge < -0.3 is 59.1 Å². The highest BCUT2D eigenvalue weighted by Crippen LogP contribution is 2.42. The number of ketones is 1. The summed E-state index contributed by atoms with van der Waals surface area (Å²) in [7, 11) is 1.25. The van der Waals surface area contributed by atoms with E-state index in [0.717, 1.165) is 6.92 Å². The summed E-state index contributed by atoms with van der Waals surface area (Å²) in [5, 5.41) is 75.3. The van der Waals surface area contributed by atoms with Crippen molar-refractivity contribution in [1.82, 2.24) is 0 Å². The van der Waals surface area contributed by atoms with Gasteiger partial charge in [0, 0.05) is 20.5 Å². The van der Waals surface area contributed by atoms with E-state index in [1.807, 2.05) is 5.16 Å². The van der Waals surface area contributed by atoms with Crippen molar-refractivity contribution in [3.8, 4) is 0 Å². The fourth-order valence-electron chi connectivity index (χ4n) is 5.92. The molecule has 1 unspecified atom stereocenters. The van der Waals surface area contributed by atoms with Crippen LogP contribution in [0.1, 0.15) is 40.5 Å². The van der Waals surface area contributed by atoms with Gasteiger partial charge in [0.2, 0.25) is 0 Å². The van der Waals surface area contributed by atoms with E-state index in [0.29, 0.717) is 0 Å². The van der Waals surface area contributed by atoms with Crippen molar-refractivity contribution in [1.29, 1.82) is 5.41 Å². The summed E-state index contributed by atoms with van der Waals surface area (Å²) in [6.45, 7) is 4.44. The maximum Gasteiger partial charge on any atom is 0.357 e. The molecule has 18 nitrogen and oxygen atoms in total. The number of carbonyl (C=O) groups excluding carboxylic acids is 3. The lowest BCUT2D eigenvalue weighted by Gasteiger charge is -2.51. The van der Waals surface area contributed by atoms with Gasteiger partial charge in [-0.25, -0.2) is 9.59 Å². The summed E-state index contributed by atoms with van der Waals surface area (Å²) in [6.07, 6.45) is -14.9. The standard InChI is InChI=1S/C29H38N2O16S/c1-6-14(31-10-48)27(39)47-22-16(9-43-13(4)33)45-25(28(40)8-15(34)20(30)19(24(28)36)26(37)38)21(35)23(22)46-18-7-17(42-5)29(41,11(2)32)12(3)44-18/h6,11-12,16-18,21-23,25,30,32,35-36,40-41H,7-9H2,1-5H3,(H,37,38)/b14-6-,30-20?/t11?,12-,16+,17-,18-,21+,22+,23-,25+,28+,29+/m0/s1.